The summed E-state index contributed by atoms with van der Waals surface area (Å²) >= 11 is 0. The van der Waals surface area contributed by atoms with Crippen molar-refractivity contribution in [2.45, 2.75) is 11.3 Å². The van der Waals surface area contributed by atoms with Gasteiger partial charge in [-0.3, -0.25) is 19.7 Å². The molecule has 0 spiro atoms. The average Bonchev–Trinajstić information content (AvgIpc) is 2.73. The number of nitrogens with one attached hydrogen (secondary N) is 2. The van der Waals surface area contributed by atoms with E-state index in [1.54, 1.807) is 0 Å². The number of nitrogens with zero attached hydrogens (tertiary/aromatic N) is 2. The van der Waals surface area contributed by atoms with Gasteiger partial charge in [-0.15, -0.1) is 0 Å². The smallest absolute Gasteiger partial charge is 0.269 e. The highest BCUT2D eigenvalue weighted by molar-refractivity contribution is 7.89. The number of sulfonamides is 1. The molecule has 0 saturated heterocycles. The van der Waals surface area contributed by atoms with Gasteiger partial charge in [-0.2, -0.15) is 0 Å². The zero-order valence-corrected chi connectivity index (χ0v) is 17.9. The molecule has 31 heavy (non-hydrogen) atoms. The summed E-state index contributed by atoms with van der Waals surface area (Å²) in [7, 11) is 0.473. The van der Waals surface area contributed by atoms with Crippen molar-refractivity contribution in [2.24, 2.45) is 0 Å². The SMILES string of the molecule is COc1ccc(S(=O)(=O)N(C)C)cc1NC(=O)CCNC(=O)c1ccc([N+](=O)[O-])cc1. The lowest BCUT2D eigenvalue weighted by Crippen LogP contribution is -2.27. The van der Waals surface area contributed by atoms with Crippen LogP contribution in [-0.2, 0) is 14.8 Å². The molecule has 0 unspecified atom stereocenters. The van der Waals surface area contributed by atoms with Crippen molar-refractivity contribution in [3.8, 4) is 5.75 Å². The fourth-order valence-electron chi connectivity index (χ4n) is 2.49. The fourth-order valence-corrected chi connectivity index (χ4v) is 3.42. The Hall–Kier alpha value is -3.51. The maximum Gasteiger partial charge on any atom is 0.269 e. The van der Waals surface area contributed by atoms with Gasteiger partial charge in [-0.1, -0.05) is 0 Å². The van der Waals surface area contributed by atoms with E-state index in [4.69, 9.17) is 4.74 Å². The third-order valence-corrected chi connectivity index (χ3v) is 6.01. The lowest BCUT2D eigenvalue weighted by atomic mass is 10.2. The molecule has 0 aliphatic carbocycles. The predicted octanol–water partition coefficient (Wildman–Crippen LogP) is 1.61. The lowest BCUT2D eigenvalue weighted by molar-refractivity contribution is -0.384. The largest absolute Gasteiger partial charge is 0.495 e. The van der Waals surface area contributed by atoms with Crippen molar-refractivity contribution in [1.29, 1.82) is 0 Å². The summed E-state index contributed by atoms with van der Waals surface area (Å²) in [6.07, 6.45) is -0.0907. The Balaban J connectivity index is 1.99. The van der Waals surface area contributed by atoms with Crippen LogP contribution >= 0.6 is 0 Å². The van der Waals surface area contributed by atoms with Crippen molar-refractivity contribution in [2.75, 3.05) is 33.1 Å². The Morgan fingerprint density at radius 2 is 1.77 bits per heavy atom. The molecule has 2 aromatic carbocycles. The molecular weight excluding hydrogens is 428 g/mol. The molecule has 0 radical (unpaired) electrons. The molecule has 0 atom stereocenters. The van der Waals surface area contributed by atoms with E-state index < -0.39 is 26.8 Å². The number of hydrogen-bond acceptors (Lipinski definition) is 7. The van der Waals surface area contributed by atoms with E-state index in [1.807, 2.05) is 0 Å². The Kier molecular flexibility index (Phi) is 7.67. The van der Waals surface area contributed by atoms with Crippen molar-refractivity contribution < 1.29 is 27.7 Å². The van der Waals surface area contributed by atoms with Gasteiger partial charge in [0.15, 0.2) is 0 Å². The summed E-state index contributed by atoms with van der Waals surface area (Å²) < 4.78 is 30.8. The number of nitro groups is 1. The van der Waals surface area contributed by atoms with Crippen molar-refractivity contribution in [3.05, 3.63) is 58.1 Å². The van der Waals surface area contributed by atoms with Gasteiger partial charge in [0.05, 0.1) is 22.6 Å². The minimum atomic E-state index is -3.70. The Morgan fingerprint density at radius 1 is 1.13 bits per heavy atom. The summed E-state index contributed by atoms with van der Waals surface area (Å²) in [5.74, 6) is -0.679. The van der Waals surface area contributed by atoms with Gasteiger partial charge < -0.3 is 15.4 Å². The van der Waals surface area contributed by atoms with Crippen LogP contribution in [-0.4, -0.2) is 57.2 Å². The van der Waals surface area contributed by atoms with Crippen LogP contribution in [0.25, 0.3) is 0 Å². The van der Waals surface area contributed by atoms with Crippen LogP contribution in [0.15, 0.2) is 47.4 Å². The van der Waals surface area contributed by atoms with Gasteiger partial charge in [0, 0.05) is 44.8 Å². The van der Waals surface area contributed by atoms with Crippen LogP contribution in [0.2, 0.25) is 0 Å². The fraction of sp³-hybridized carbons (Fsp3) is 0.263. The molecule has 0 heterocycles. The normalized spacial score (nSPS) is 11.1. The molecule has 11 nitrogen and oxygen atoms in total. The van der Waals surface area contributed by atoms with Crippen LogP contribution in [0.3, 0.4) is 0 Å². The third kappa shape index (κ3) is 5.99. The second-order valence-electron chi connectivity index (χ2n) is 6.51. The van der Waals surface area contributed by atoms with Crippen LogP contribution in [0, 0.1) is 10.1 Å². The first-order chi connectivity index (χ1) is 14.6. The van der Waals surface area contributed by atoms with E-state index in [-0.39, 0.29) is 40.5 Å². The van der Waals surface area contributed by atoms with Crippen LogP contribution in [0.4, 0.5) is 11.4 Å². The molecule has 0 aromatic heterocycles. The molecule has 0 bridgehead atoms. The van der Waals surface area contributed by atoms with E-state index in [0.717, 1.165) is 4.31 Å². The number of amides is 2. The van der Waals surface area contributed by atoms with E-state index in [0.29, 0.717) is 0 Å². The maximum absolute atomic E-state index is 12.3. The summed E-state index contributed by atoms with van der Waals surface area (Å²) in [6, 6.07) is 9.15. The number of nitro benzene ring substituents is 1. The second kappa shape index (κ2) is 10.00. The van der Waals surface area contributed by atoms with Gasteiger partial charge in [0.1, 0.15) is 5.75 Å². The first-order valence-corrected chi connectivity index (χ1v) is 10.4. The number of benzene rings is 2. The van der Waals surface area contributed by atoms with Crippen LogP contribution < -0.4 is 15.4 Å². The number of anilines is 1. The molecule has 0 saturated carbocycles. The average molecular weight is 450 g/mol. The number of methoxy groups -OCH3 is 1. The standard InChI is InChI=1S/C19H22N4O7S/c1-22(2)31(28,29)15-8-9-17(30-3)16(12-15)21-18(24)10-11-20-19(25)13-4-6-14(7-5-13)23(26)27/h4-9,12H,10-11H2,1-3H3,(H,20,25)(H,21,24). The highest BCUT2D eigenvalue weighted by atomic mass is 32.2. The van der Waals surface area contributed by atoms with Gasteiger partial charge in [-0.05, 0) is 30.3 Å². The summed E-state index contributed by atoms with van der Waals surface area (Å²) in [6.45, 7) is -0.000340. The summed E-state index contributed by atoms with van der Waals surface area (Å²) in [5.41, 5.74) is 0.259. The molecular formula is C19H22N4O7S. The number of non-ortho nitro benzene ring substituents is 1. The van der Waals surface area contributed by atoms with Gasteiger partial charge in [0.2, 0.25) is 15.9 Å². The van der Waals surface area contributed by atoms with E-state index >= 15 is 0 Å². The number of carbonyl (C=O) groups excluding carboxylic acids is 2. The minimum absolute atomic E-state index is 0.000340. The van der Waals surface area contributed by atoms with Crippen molar-refractivity contribution in [3.63, 3.8) is 0 Å². The van der Waals surface area contributed by atoms with E-state index in [1.165, 1.54) is 63.7 Å². The van der Waals surface area contributed by atoms with Crippen LogP contribution in [0.1, 0.15) is 16.8 Å². The van der Waals surface area contributed by atoms with Gasteiger partial charge in [0.25, 0.3) is 11.6 Å². The lowest BCUT2D eigenvalue weighted by Gasteiger charge is -2.15. The Morgan fingerprint density at radius 3 is 2.32 bits per heavy atom. The highest BCUT2D eigenvalue weighted by Gasteiger charge is 2.20. The molecule has 0 aliphatic heterocycles. The van der Waals surface area contributed by atoms with Crippen molar-refractivity contribution in [1.82, 2.24) is 9.62 Å². The molecule has 2 amide bonds. The number of rotatable bonds is 9. The summed E-state index contributed by atoms with van der Waals surface area (Å²) in [5, 5.41) is 15.8. The Bertz CT molecular complexity index is 1080. The molecule has 2 rings (SSSR count). The first-order valence-electron chi connectivity index (χ1n) is 8.99. The topological polar surface area (TPSA) is 148 Å². The molecule has 0 aliphatic rings. The van der Waals surface area contributed by atoms with Crippen molar-refractivity contribution >= 4 is 33.2 Å². The maximum atomic E-state index is 12.3. The molecule has 12 heteroatoms. The second-order valence-corrected chi connectivity index (χ2v) is 8.66. The van der Waals surface area contributed by atoms with Gasteiger partial charge in [-0.25, -0.2) is 12.7 Å². The van der Waals surface area contributed by atoms with E-state index in [9.17, 15) is 28.1 Å². The highest BCUT2D eigenvalue weighted by Crippen LogP contribution is 2.28. The van der Waals surface area contributed by atoms with Gasteiger partial charge >= 0.3 is 0 Å². The number of hydrogen-bond donors (Lipinski definition) is 2. The third-order valence-electron chi connectivity index (χ3n) is 4.20. The minimum Gasteiger partial charge on any atom is -0.495 e. The first kappa shape index (κ1) is 23.8. The molecule has 2 N–H and O–H groups in total. The number of carbonyl (C=O) groups is 2. The monoisotopic (exact) mass is 450 g/mol. The molecule has 0 fully saturated rings. The summed E-state index contributed by atoms with van der Waals surface area (Å²) in [4.78, 5) is 34.4. The van der Waals surface area contributed by atoms with E-state index in [2.05, 4.69) is 10.6 Å². The predicted molar refractivity (Wildman–Crippen MR) is 113 cm³/mol. The zero-order valence-electron chi connectivity index (χ0n) is 17.1. The molecule has 166 valence electrons. The van der Waals surface area contributed by atoms with Crippen LogP contribution in [0.5, 0.6) is 5.75 Å². The zero-order chi connectivity index (χ0) is 23.2. The Labute approximate surface area is 179 Å². The number of ether oxygens (including phenoxy) is 1. The quantitative estimate of drug-likeness (QED) is 0.435. The molecule has 2 aromatic rings.